The minimum absolute atomic E-state index is 0.0438. The largest absolute Gasteiger partial charge is 0.424 e. The van der Waals surface area contributed by atoms with Crippen LogP contribution in [-0.2, 0) is 0 Å². The van der Waals surface area contributed by atoms with Gasteiger partial charge in [-0.15, -0.1) is 0 Å². The highest BCUT2D eigenvalue weighted by molar-refractivity contribution is 6.31. The Morgan fingerprint density at radius 2 is 1.97 bits per heavy atom. The van der Waals surface area contributed by atoms with Crippen LogP contribution >= 0.6 is 11.6 Å². The topological polar surface area (TPSA) is 84.2 Å². The molecule has 1 N–H and O–H groups in total. The molecular formula is C25H22ClF2N5O2. The van der Waals surface area contributed by atoms with E-state index in [9.17, 15) is 9.18 Å². The van der Waals surface area contributed by atoms with Crippen LogP contribution in [0.4, 0.5) is 14.8 Å². The van der Waals surface area contributed by atoms with Gasteiger partial charge in [-0.3, -0.25) is 4.79 Å². The highest BCUT2D eigenvalue weighted by Crippen LogP contribution is 2.31. The molecule has 180 valence electrons. The number of anilines is 1. The van der Waals surface area contributed by atoms with E-state index in [1.807, 2.05) is 6.92 Å². The van der Waals surface area contributed by atoms with Crippen LogP contribution in [0.3, 0.4) is 0 Å². The van der Waals surface area contributed by atoms with Crippen LogP contribution in [-0.4, -0.2) is 44.9 Å². The number of oxazole rings is 1. The van der Waals surface area contributed by atoms with Crippen molar-refractivity contribution in [2.24, 2.45) is 5.92 Å². The molecule has 1 amide bonds. The number of aromatic nitrogens is 3. The Balaban J connectivity index is 1.45. The molecule has 0 radical (unpaired) electrons. The summed E-state index contributed by atoms with van der Waals surface area (Å²) in [5, 5.41) is 3.69. The first-order valence-corrected chi connectivity index (χ1v) is 11.7. The van der Waals surface area contributed by atoms with E-state index in [4.69, 9.17) is 16.0 Å². The second kappa shape index (κ2) is 9.58. The first-order chi connectivity index (χ1) is 16.9. The summed E-state index contributed by atoms with van der Waals surface area (Å²) in [7, 11) is 0. The normalized spacial score (nSPS) is 18.1. The van der Waals surface area contributed by atoms with Crippen molar-refractivity contribution in [1.82, 2.24) is 19.9 Å². The summed E-state index contributed by atoms with van der Waals surface area (Å²) in [4.78, 5) is 27.8. The standard InChI is InChI=1S/C25H22ClF2N5O2/c1-14-4-2-11-33(19(14)13-31-25-32-18-8-5-15(26)12-20(18)35-25)24(34)22-17(28)7-6-16(27)21(22)23-29-9-3-10-30-23/h3,5-10,12,14,19H,2,4,11,13H2,1H3,(H,31,32)/t14-,19-/m1/s1. The average molecular weight is 498 g/mol. The molecule has 3 heterocycles. The summed E-state index contributed by atoms with van der Waals surface area (Å²) in [6, 6.07) is 8.65. The first kappa shape index (κ1) is 23.2. The summed E-state index contributed by atoms with van der Waals surface area (Å²) in [5.41, 5.74) is 0.581. The van der Waals surface area contributed by atoms with Gasteiger partial charge in [0.2, 0.25) is 0 Å². The number of hydrogen-bond donors (Lipinski definition) is 1. The van der Waals surface area contributed by atoms with Gasteiger partial charge in [0, 0.05) is 36.6 Å². The molecule has 35 heavy (non-hydrogen) atoms. The molecule has 1 aliphatic heterocycles. The number of nitrogens with one attached hydrogen (secondary N) is 1. The minimum atomic E-state index is -0.820. The van der Waals surface area contributed by atoms with Crippen LogP contribution in [0.25, 0.3) is 22.5 Å². The number of hydrogen-bond acceptors (Lipinski definition) is 6. The third kappa shape index (κ3) is 4.55. The zero-order valence-corrected chi connectivity index (χ0v) is 19.6. The van der Waals surface area contributed by atoms with Gasteiger partial charge in [-0.25, -0.2) is 18.7 Å². The monoisotopic (exact) mass is 497 g/mol. The van der Waals surface area contributed by atoms with Crippen molar-refractivity contribution in [3.8, 4) is 11.4 Å². The second-order valence-electron chi connectivity index (χ2n) is 8.55. The number of piperidine rings is 1. The van der Waals surface area contributed by atoms with Gasteiger partial charge >= 0.3 is 0 Å². The van der Waals surface area contributed by atoms with Crippen LogP contribution in [0.1, 0.15) is 30.1 Å². The van der Waals surface area contributed by atoms with Crippen LogP contribution in [0.15, 0.2) is 53.2 Å². The molecule has 10 heteroatoms. The van der Waals surface area contributed by atoms with E-state index in [1.54, 1.807) is 29.2 Å². The summed E-state index contributed by atoms with van der Waals surface area (Å²) in [6.45, 7) is 2.76. The Morgan fingerprint density at radius 3 is 2.77 bits per heavy atom. The molecule has 7 nitrogen and oxygen atoms in total. The number of halogens is 3. The number of benzene rings is 2. The molecule has 4 aromatic rings. The van der Waals surface area contributed by atoms with Gasteiger partial charge < -0.3 is 14.6 Å². The molecule has 1 saturated heterocycles. The van der Waals surface area contributed by atoms with E-state index in [0.717, 1.165) is 25.0 Å². The van der Waals surface area contributed by atoms with E-state index in [2.05, 4.69) is 20.3 Å². The van der Waals surface area contributed by atoms with Crippen molar-refractivity contribution in [2.45, 2.75) is 25.8 Å². The zero-order chi connectivity index (χ0) is 24.5. The van der Waals surface area contributed by atoms with Crippen molar-refractivity contribution in [2.75, 3.05) is 18.4 Å². The molecule has 5 rings (SSSR count). The molecule has 0 unspecified atom stereocenters. The summed E-state index contributed by atoms with van der Waals surface area (Å²) in [5.74, 6) is -2.12. The number of rotatable bonds is 5. The molecule has 0 spiro atoms. The van der Waals surface area contributed by atoms with Crippen LogP contribution in [0.5, 0.6) is 0 Å². The molecule has 0 aliphatic carbocycles. The van der Waals surface area contributed by atoms with E-state index in [-0.39, 0.29) is 28.9 Å². The van der Waals surface area contributed by atoms with Gasteiger partial charge in [-0.1, -0.05) is 18.5 Å². The quantitative estimate of drug-likeness (QED) is 0.388. The number of carbonyl (C=O) groups excluding carboxylic acids is 1. The summed E-state index contributed by atoms with van der Waals surface area (Å²) < 4.78 is 35.6. The predicted molar refractivity (Wildman–Crippen MR) is 128 cm³/mol. The zero-order valence-electron chi connectivity index (χ0n) is 18.8. The van der Waals surface area contributed by atoms with Crippen LogP contribution in [0.2, 0.25) is 5.02 Å². The lowest BCUT2D eigenvalue weighted by Crippen LogP contribution is -2.51. The fraction of sp³-hybridized carbons (Fsp3) is 0.280. The number of nitrogens with zero attached hydrogens (tertiary/aromatic N) is 4. The van der Waals surface area contributed by atoms with Crippen molar-refractivity contribution in [3.05, 3.63) is 71.0 Å². The highest BCUT2D eigenvalue weighted by Gasteiger charge is 2.35. The lowest BCUT2D eigenvalue weighted by Gasteiger charge is -2.40. The third-order valence-corrected chi connectivity index (χ3v) is 6.53. The Kier molecular flexibility index (Phi) is 6.34. The molecule has 1 fully saturated rings. The van der Waals surface area contributed by atoms with Gasteiger partial charge in [-0.05, 0) is 49.1 Å². The highest BCUT2D eigenvalue weighted by atomic mass is 35.5. The summed E-state index contributed by atoms with van der Waals surface area (Å²) in [6.07, 6.45) is 4.48. The fourth-order valence-electron chi connectivity index (χ4n) is 4.53. The molecular weight excluding hydrogens is 476 g/mol. The maximum atomic E-state index is 15.0. The average Bonchev–Trinajstić information content (AvgIpc) is 3.26. The third-order valence-electron chi connectivity index (χ3n) is 6.30. The van der Waals surface area contributed by atoms with Gasteiger partial charge in [0.15, 0.2) is 11.4 Å². The lowest BCUT2D eigenvalue weighted by molar-refractivity contribution is 0.0535. The van der Waals surface area contributed by atoms with E-state index < -0.39 is 17.5 Å². The van der Waals surface area contributed by atoms with Crippen LogP contribution in [0, 0.1) is 17.6 Å². The van der Waals surface area contributed by atoms with E-state index in [0.29, 0.717) is 35.2 Å². The van der Waals surface area contributed by atoms with Gasteiger partial charge in [-0.2, -0.15) is 4.98 Å². The summed E-state index contributed by atoms with van der Waals surface area (Å²) >= 11 is 6.02. The Labute approximate surface area is 205 Å². The maximum Gasteiger partial charge on any atom is 0.295 e. The molecule has 2 atom stereocenters. The Bertz CT molecular complexity index is 1380. The molecule has 2 aromatic heterocycles. The number of fused-ring (bicyclic) bond motifs is 1. The van der Waals surface area contributed by atoms with E-state index >= 15 is 4.39 Å². The molecule has 0 saturated carbocycles. The van der Waals surface area contributed by atoms with Crippen molar-refractivity contribution >= 4 is 34.6 Å². The number of amides is 1. The first-order valence-electron chi connectivity index (χ1n) is 11.3. The van der Waals surface area contributed by atoms with Crippen LogP contribution < -0.4 is 5.32 Å². The van der Waals surface area contributed by atoms with E-state index in [1.165, 1.54) is 12.4 Å². The second-order valence-corrected chi connectivity index (χ2v) is 8.99. The predicted octanol–water partition coefficient (Wildman–Crippen LogP) is 5.57. The van der Waals surface area contributed by atoms with Gasteiger partial charge in [0.05, 0.1) is 17.2 Å². The fourth-order valence-corrected chi connectivity index (χ4v) is 4.69. The Hall–Kier alpha value is -3.59. The number of likely N-dealkylation sites (tertiary alicyclic amines) is 1. The SMILES string of the molecule is C[C@@H]1CCCN(C(=O)c2c(F)ccc(F)c2-c2ncccn2)[C@@H]1CNc1nc2ccc(Cl)cc2o1. The number of carbonyl (C=O) groups is 1. The molecule has 1 aliphatic rings. The molecule has 2 aromatic carbocycles. The Morgan fingerprint density at radius 1 is 1.20 bits per heavy atom. The smallest absolute Gasteiger partial charge is 0.295 e. The van der Waals surface area contributed by atoms with Gasteiger partial charge in [0.25, 0.3) is 11.9 Å². The van der Waals surface area contributed by atoms with Crippen molar-refractivity contribution < 1.29 is 18.0 Å². The maximum absolute atomic E-state index is 15.0. The van der Waals surface area contributed by atoms with Gasteiger partial charge in [0.1, 0.15) is 17.2 Å². The molecule has 0 bridgehead atoms. The minimum Gasteiger partial charge on any atom is -0.424 e. The van der Waals surface area contributed by atoms with Crippen molar-refractivity contribution in [1.29, 1.82) is 0 Å². The lowest BCUT2D eigenvalue weighted by atomic mass is 9.89. The van der Waals surface area contributed by atoms with Crippen molar-refractivity contribution in [3.63, 3.8) is 0 Å².